The van der Waals surface area contributed by atoms with E-state index in [4.69, 9.17) is 4.74 Å². The lowest BCUT2D eigenvalue weighted by molar-refractivity contribution is -0.384. The summed E-state index contributed by atoms with van der Waals surface area (Å²) in [6.07, 6.45) is 1.51. The van der Waals surface area contributed by atoms with Gasteiger partial charge in [0.15, 0.2) is 0 Å². The van der Waals surface area contributed by atoms with Gasteiger partial charge in [0.25, 0.3) is 17.5 Å². The van der Waals surface area contributed by atoms with Crippen LogP contribution in [0.1, 0.15) is 45.2 Å². The van der Waals surface area contributed by atoms with Crippen LogP contribution in [0.2, 0.25) is 0 Å². The molecular formula is C32H22BrN3O5. The quantitative estimate of drug-likeness (QED) is 0.113. The third-order valence-electron chi connectivity index (χ3n) is 8.24. The minimum Gasteiger partial charge on any atom is -0.488 e. The molecule has 41 heavy (non-hydrogen) atoms. The molecule has 2 amide bonds. The van der Waals surface area contributed by atoms with Gasteiger partial charge in [-0.05, 0) is 79.6 Å². The fourth-order valence-corrected chi connectivity index (χ4v) is 7.00. The number of non-ortho nitro benzene ring substituents is 1. The Morgan fingerprint density at radius 3 is 1.85 bits per heavy atom. The molecule has 8 nitrogen and oxygen atoms in total. The van der Waals surface area contributed by atoms with Crippen LogP contribution in [-0.4, -0.2) is 28.0 Å². The molecule has 1 heterocycles. The lowest BCUT2D eigenvalue weighted by atomic mass is 9.55. The normalized spacial score (nSPS) is 22.0. The molecule has 4 aliphatic rings. The number of imide groups is 1. The van der Waals surface area contributed by atoms with Crippen LogP contribution in [0.4, 0.5) is 5.69 Å². The second kappa shape index (κ2) is 9.78. The maximum absolute atomic E-state index is 13.7. The number of ether oxygens (including phenoxy) is 1. The number of amides is 2. The number of hydrazone groups is 1. The van der Waals surface area contributed by atoms with Gasteiger partial charge in [-0.25, -0.2) is 0 Å². The molecule has 0 spiro atoms. The zero-order chi connectivity index (χ0) is 28.2. The summed E-state index contributed by atoms with van der Waals surface area (Å²) in [6.45, 7) is 0.233. The van der Waals surface area contributed by atoms with E-state index in [-0.39, 0.29) is 35.9 Å². The van der Waals surface area contributed by atoms with Crippen LogP contribution in [0.15, 0.2) is 101 Å². The molecule has 4 aromatic rings. The summed E-state index contributed by atoms with van der Waals surface area (Å²) in [5, 5.41) is 16.3. The van der Waals surface area contributed by atoms with Crippen molar-refractivity contribution in [3.63, 3.8) is 0 Å². The molecule has 0 saturated carbocycles. The van der Waals surface area contributed by atoms with Crippen molar-refractivity contribution in [1.29, 1.82) is 0 Å². The second-order valence-corrected chi connectivity index (χ2v) is 11.3. The fraction of sp³-hybridized carbons (Fsp3) is 0.156. The molecule has 2 atom stereocenters. The van der Waals surface area contributed by atoms with Gasteiger partial charge in [-0.1, -0.05) is 48.5 Å². The van der Waals surface area contributed by atoms with E-state index < -0.39 is 16.8 Å². The van der Waals surface area contributed by atoms with Crippen molar-refractivity contribution < 1.29 is 19.2 Å². The van der Waals surface area contributed by atoms with Gasteiger partial charge >= 0.3 is 0 Å². The van der Waals surface area contributed by atoms with Crippen LogP contribution in [0.3, 0.4) is 0 Å². The number of benzene rings is 4. The topological polar surface area (TPSA) is 102 Å². The smallest absolute Gasteiger partial charge is 0.269 e. The van der Waals surface area contributed by atoms with Gasteiger partial charge in [0, 0.05) is 24.0 Å². The van der Waals surface area contributed by atoms with Crippen LogP contribution in [-0.2, 0) is 16.2 Å². The predicted molar refractivity (Wildman–Crippen MR) is 155 cm³/mol. The molecule has 9 heteroatoms. The SMILES string of the molecule is O=C1[C@@H]2C3c4ccccc4C(c4ccccc43)[C@H]2C(=O)N1/N=C\c1ccc(OCc2ccc([N+](=O)[O-])cc2)c(Br)c1. The van der Waals surface area contributed by atoms with Gasteiger partial charge < -0.3 is 4.74 Å². The van der Waals surface area contributed by atoms with Crippen molar-refractivity contribution >= 4 is 39.6 Å². The summed E-state index contributed by atoms with van der Waals surface area (Å²) in [6, 6.07) is 27.8. The average molecular weight is 608 g/mol. The first-order chi connectivity index (χ1) is 19.9. The van der Waals surface area contributed by atoms with E-state index in [1.165, 1.54) is 18.3 Å². The first-order valence-corrected chi connectivity index (χ1v) is 14.0. The molecular weight excluding hydrogens is 586 g/mol. The molecule has 0 aromatic heterocycles. The Hall–Kier alpha value is -4.63. The summed E-state index contributed by atoms with van der Waals surface area (Å²) < 4.78 is 6.53. The van der Waals surface area contributed by atoms with Crippen molar-refractivity contribution in [2.24, 2.45) is 16.9 Å². The molecule has 1 aliphatic heterocycles. The number of hydrogen-bond donors (Lipinski definition) is 0. The van der Waals surface area contributed by atoms with Crippen LogP contribution < -0.4 is 4.74 Å². The van der Waals surface area contributed by atoms with Crippen molar-refractivity contribution in [3.8, 4) is 5.75 Å². The van der Waals surface area contributed by atoms with Gasteiger partial charge in [0.1, 0.15) is 12.4 Å². The standard InChI is InChI=1S/C32H22BrN3O5/c33-25-15-19(11-14-26(25)41-17-18-9-12-20(13-10-18)36(39)40)16-34-35-31(37)29-27-21-5-1-2-6-22(21)28(30(29)32(35)38)24-8-4-3-7-23(24)27/h1-16,27-30H,17H2/b34-16-/t27?,28?,29-,30-/m1/s1. The van der Waals surface area contributed by atoms with Crippen LogP contribution in [0.25, 0.3) is 0 Å². The van der Waals surface area contributed by atoms with Crippen LogP contribution in [0.5, 0.6) is 5.75 Å². The minimum atomic E-state index is -0.476. The van der Waals surface area contributed by atoms with Crippen LogP contribution in [0, 0.1) is 22.0 Å². The maximum Gasteiger partial charge on any atom is 0.269 e. The van der Waals surface area contributed by atoms with Crippen molar-refractivity contribution in [2.45, 2.75) is 18.4 Å². The Morgan fingerprint density at radius 1 is 0.829 bits per heavy atom. The van der Waals surface area contributed by atoms with E-state index >= 15 is 0 Å². The number of carbonyl (C=O) groups excluding carboxylic acids is 2. The molecule has 4 aromatic carbocycles. The highest BCUT2D eigenvalue weighted by atomic mass is 79.9. The third-order valence-corrected chi connectivity index (χ3v) is 8.86. The Balaban J connectivity index is 1.11. The number of nitro benzene ring substituents is 1. The van der Waals surface area contributed by atoms with Gasteiger partial charge in [-0.3, -0.25) is 19.7 Å². The van der Waals surface area contributed by atoms with Gasteiger partial charge in [-0.15, -0.1) is 0 Å². The molecule has 0 unspecified atom stereocenters. The van der Waals surface area contributed by atoms with E-state index in [9.17, 15) is 19.7 Å². The van der Waals surface area contributed by atoms with Crippen molar-refractivity contribution in [1.82, 2.24) is 5.01 Å². The largest absolute Gasteiger partial charge is 0.488 e. The van der Waals surface area contributed by atoms with E-state index in [1.807, 2.05) is 24.3 Å². The van der Waals surface area contributed by atoms with E-state index in [2.05, 4.69) is 45.3 Å². The molecule has 0 N–H and O–H groups in total. The second-order valence-electron chi connectivity index (χ2n) is 10.4. The molecule has 1 saturated heterocycles. The molecule has 0 radical (unpaired) electrons. The summed E-state index contributed by atoms with van der Waals surface area (Å²) in [5.74, 6) is -1.25. The lowest BCUT2D eigenvalue weighted by Gasteiger charge is -2.45. The summed E-state index contributed by atoms with van der Waals surface area (Å²) >= 11 is 3.51. The molecule has 8 rings (SSSR count). The third kappa shape index (κ3) is 4.07. The molecule has 3 aliphatic carbocycles. The van der Waals surface area contributed by atoms with E-state index in [1.54, 1.807) is 30.3 Å². The highest BCUT2D eigenvalue weighted by Gasteiger charge is 2.61. The molecule has 202 valence electrons. The number of carbonyl (C=O) groups is 2. The summed E-state index contributed by atoms with van der Waals surface area (Å²) in [5.41, 5.74) is 5.99. The highest BCUT2D eigenvalue weighted by molar-refractivity contribution is 9.10. The first-order valence-electron chi connectivity index (χ1n) is 13.2. The Kier molecular flexibility index (Phi) is 6.04. The summed E-state index contributed by atoms with van der Waals surface area (Å²) in [7, 11) is 0. The Bertz CT molecular complexity index is 1650. The van der Waals surface area contributed by atoms with Gasteiger partial charge in [-0.2, -0.15) is 10.1 Å². The van der Waals surface area contributed by atoms with Gasteiger partial charge in [0.2, 0.25) is 0 Å². The zero-order valence-electron chi connectivity index (χ0n) is 21.5. The Morgan fingerprint density at radius 2 is 1.37 bits per heavy atom. The molecule has 2 bridgehead atoms. The van der Waals surface area contributed by atoms with Gasteiger partial charge in [0.05, 0.1) is 27.4 Å². The zero-order valence-corrected chi connectivity index (χ0v) is 23.1. The number of hydrogen-bond acceptors (Lipinski definition) is 6. The van der Waals surface area contributed by atoms with Crippen molar-refractivity contribution in [2.75, 3.05) is 0 Å². The highest BCUT2D eigenvalue weighted by Crippen LogP contribution is 2.60. The molecule has 1 fully saturated rings. The Labute approximate surface area is 243 Å². The van der Waals surface area contributed by atoms with E-state index in [0.717, 1.165) is 32.8 Å². The fourth-order valence-electron chi connectivity index (χ4n) is 6.49. The summed E-state index contributed by atoms with van der Waals surface area (Å²) in [4.78, 5) is 37.8. The number of nitrogens with zero attached hydrogens (tertiary/aromatic N) is 3. The minimum absolute atomic E-state index is 0.0227. The number of halogens is 1. The average Bonchev–Trinajstić information content (AvgIpc) is 3.25. The van der Waals surface area contributed by atoms with Crippen molar-refractivity contribution in [3.05, 3.63) is 139 Å². The monoisotopic (exact) mass is 607 g/mol. The van der Waals surface area contributed by atoms with E-state index in [0.29, 0.717) is 15.8 Å². The first kappa shape index (κ1) is 25.3. The predicted octanol–water partition coefficient (Wildman–Crippen LogP) is 6.16. The number of nitro groups is 1. The lowest BCUT2D eigenvalue weighted by Crippen LogP contribution is -2.41. The maximum atomic E-state index is 13.7. The van der Waals surface area contributed by atoms with Crippen LogP contribution >= 0.6 is 15.9 Å². The number of rotatable bonds is 6.